The zero-order valence-corrected chi connectivity index (χ0v) is 14.1. The Balaban J connectivity index is 2.12. The maximum Gasteiger partial charge on any atom is 0.268 e. The van der Waals surface area contributed by atoms with Crippen LogP contribution in [-0.2, 0) is 7.05 Å². The van der Waals surface area contributed by atoms with Crippen LogP contribution in [-0.4, -0.2) is 15.5 Å². The second kappa shape index (κ2) is 6.51. The number of aromatic nitrogens is 1. The topological polar surface area (TPSA) is 72.4 Å². The molecule has 1 aromatic carbocycles. The molecule has 0 bridgehead atoms. The molecule has 3 rings (SSSR count). The summed E-state index contributed by atoms with van der Waals surface area (Å²) in [6, 6.07) is 7.76. The molecule has 7 heteroatoms. The lowest BCUT2D eigenvalue weighted by molar-refractivity contribution is 0.103. The van der Waals surface area contributed by atoms with E-state index in [0.717, 1.165) is 11.3 Å². The fourth-order valence-electron chi connectivity index (χ4n) is 2.09. The van der Waals surface area contributed by atoms with Gasteiger partial charge in [0.25, 0.3) is 5.56 Å². The number of phenols is 1. The molecule has 2 heterocycles. The van der Waals surface area contributed by atoms with Gasteiger partial charge in [0.2, 0.25) is 5.78 Å². The lowest BCUT2D eigenvalue weighted by atomic mass is 10.2. The summed E-state index contributed by atoms with van der Waals surface area (Å²) in [4.78, 5) is 24.4. The molecule has 0 saturated heterocycles. The lowest BCUT2D eigenvalue weighted by Gasteiger charge is -1.97. The van der Waals surface area contributed by atoms with E-state index in [-0.39, 0.29) is 22.9 Å². The molecule has 3 aromatic rings. The minimum Gasteiger partial charge on any atom is -0.507 e. The van der Waals surface area contributed by atoms with Crippen molar-refractivity contribution in [2.75, 3.05) is 0 Å². The number of ketones is 1. The Morgan fingerprint density at radius 1 is 1.38 bits per heavy atom. The van der Waals surface area contributed by atoms with E-state index in [2.05, 4.69) is 0 Å². The minimum absolute atomic E-state index is 0.0204. The highest BCUT2D eigenvalue weighted by atomic mass is 35.5. The van der Waals surface area contributed by atoms with Crippen LogP contribution in [0.25, 0.3) is 12.2 Å². The summed E-state index contributed by atoms with van der Waals surface area (Å²) in [5.74, 6) is -0.102. The number of rotatable bonds is 3. The van der Waals surface area contributed by atoms with Crippen LogP contribution < -0.4 is 14.8 Å². The maximum atomic E-state index is 12.3. The van der Waals surface area contributed by atoms with E-state index in [4.69, 9.17) is 16.0 Å². The number of nitrogens with zero attached hydrogens (tertiary/aromatic N) is 1. The molecule has 5 nitrogen and oxygen atoms in total. The SMILES string of the molecule is Cn1c(=O)/c(=C\c2cc(Cl)ccc2O)s/c1=C\C(=O)c1ccco1. The molecule has 0 unspecified atom stereocenters. The Kier molecular flexibility index (Phi) is 4.42. The molecule has 0 saturated carbocycles. The number of thiazole rings is 1. The van der Waals surface area contributed by atoms with E-state index < -0.39 is 0 Å². The van der Waals surface area contributed by atoms with Crippen molar-refractivity contribution >= 4 is 40.9 Å². The standard InChI is InChI=1S/C17H12ClNO4S/c1-19-16(9-13(21)14-3-2-6-23-14)24-15(17(19)22)8-10-7-11(18)4-5-12(10)20/h2-9,20H,1H3/b15-8+,16-9-. The summed E-state index contributed by atoms with van der Waals surface area (Å²) in [6.07, 6.45) is 4.30. The van der Waals surface area contributed by atoms with Crippen molar-refractivity contribution in [2.45, 2.75) is 0 Å². The third-order valence-corrected chi connectivity index (χ3v) is 4.70. The molecule has 0 atom stereocenters. The Morgan fingerprint density at radius 2 is 2.17 bits per heavy atom. The first-order valence-electron chi connectivity index (χ1n) is 6.91. The zero-order chi connectivity index (χ0) is 17.3. The number of carbonyl (C=O) groups is 1. The zero-order valence-electron chi connectivity index (χ0n) is 12.5. The van der Waals surface area contributed by atoms with E-state index in [1.165, 1.54) is 23.0 Å². The summed E-state index contributed by atoms with van der Waals surface area (Å²) >= 11 is 7.06. The first-order valence-corrected chi connectivity index (χ1v) is 8.11. The number of aromatic hydroxyl groups is 1. The number of furan rings is 1. The van der Waals surface area contributed by atoms with E-state index >= 15 is 0 Å². The fourth-order valence-corrected chi connectivity index (χ4v) is 3.29. The van der Waals surface area contributed by atoms with Gasteiger partial charge in [-0.05, 0) is 36.4 Å². The Labute approximate surface area is 145 Å². The number of hydrogen-bond donors (Lipinski definition) is 1. The molecule has 0 radical (unpaired) electrons. The van der Waals surface area contributed by atoms with Crippen molar-refractivity contribution in [3.05, 3.63) is 72.5 Å². The van der Waals surface area contributed by atoms with Gasteiger partial charge in [0.1, 0.15) is 10.4 Å². The molecular weight excluding hydrogens is 350 g/mol. The summed E-state index contributed by atoms with van der Waals surface area (Å²) in [6.45, 7) is 0. The monoisotopic (exact) mass is 361 g/mol. The summed E-state index contributed by atoms with van der Waals surface area (Å²) in [5.41, 5.74) is 0.170. The second-order valence-electron chi connectivity index (χ2n) is 5.00. The average molecular weight is 362 g/mol. The number of phenolic OH excluding ortho intramolecular Hbond substituents is 1. The smallest absolute Gasteiger partial charge is 0.268 e. The molecule has 122 valence electrons. The van der Waals surface area contributed by atoms with Gasteiger partial charge in [-0.15, -0.1) is 11.3 Å². The van der Waals surface area contributed by atoms with Crippen molar-refractivity contribution in [1.29, 1.82) is 0 Å². The molecule has 0 aliphatic rings. The van der Waals surface area contributed by atoms with E-state index in [1.54, 1.807) is 37.4 Å². The molecule has 24 heavy (non-hydrogen) atoms. The van der Waals surface area contributed by atoms with Crippen molar-refractivity contribution in [2.24, 2.45) is 7.05 Å². The van der Waals surface area contributed by atoms with Crippen molar-refractivity contribution in [3.8, 4) is 5.75 Å². The molecule has 0 fully saturated rings. The average Bonchev–Trinajstić information content (AvgIpc) is 3.17. The largest absolute Gasteiger partial charge is 0.507 e. The van der Waals surface area contributed by atoms with Crippen LogP contribution in [0, 0.1) is 0 Å². The normalized spacial score (nSPS) is 12.8. The summed E-state index contributed by atoms with van der Waals surface area (Å²) in [7, 11) is 1.58. The van der Waals surface area contributed by atoms with E-state index in [9.17, 15) is 14.7 Å². The van der Waals surface area contributed by atoms with Crippen LogP contribution >= 0.6 is 22.9 Å². The quantitative estimate of drug-likeness (QED) is 0.723. The highest BCUT2D eigenvalue weighted by Gasteiger charge is 2.08. The van der Waals surface area contributed by atoms with Crippen LogP contribution in [0.2, 0.25) is 5.02 Å². The van der Waals surface area contributed by atoms with Gasteiger partial charge in [-0.2, -0.15) is 0 Å². The van der Waals surface area contributed by atoms with Gasteiger partial charge in [-0.1, -0.05) is 11.6 Å². The molecule has 0 aliphatic heterocycles. The summed E-state index contributed by atoms with van der Waals surface area (Å²) < 4.78 is 7.29. The molecule has 0 spiro atoms. The number of hydrogen-bond acceptors (Lipinski definition) is 5. The highest BCUT2D eigenvalue weighted by Crippen LogP contribution is 2.21. The van der Waals surface area contributed by atoms with Crippen LogP contribution in [0.1, 0.15) is 16.1 Å². The lowest BCUT2D eigenvalue weighted by Crippen LogP contribution is -2.29. The van der Waals surface area contributed by atoms with Crippen molar-refractivity contribution in [3.63, 3.8) is 0 Å². The Bertz CT molecular complexity index is 1080. The number of carbonyl (C=O) groups excluding carboxylic acids is 1. The van der Waals surface area contributed by atoms with Gasteiger partial charge in [0.15, 0.2) is 5.76 Å². The van der Waals surface area contributed by atoms with Crippen LogP contribution in [0.4, 0.5) is 0 Å². The molecule has 2 aromatic heterocycles. The minimum atomic E-state index is -0.325. The summed E-state index contributed by atoms with van der Waals surface area (Å²) in [5, 5.41) is 10.3. The first kappa shape index (κ1) is 16.3. The fraction of sp³-hybridized carbons (Fsp3) is 0.0588. The molecular formula is C17H12ClNO4S. The number of Topliss-reactive ketones (excluding diaryl/α,β-unsaturated/α-hetero) is 1. The van der Waals surface area contributed by atoms with Crippen LogP contribution in [0.5, 0.6) is 5.75 Å². The van der Waals surface area contributed by atoms with Gasteiger partial charge >= 0.3 is 0 Å². The Hall–Kier alpha value is -2.57. The predicted octanol–water partition coefficient (Wildman–Crippen LogP) is 1.89. The number of halogens is 1. The molecule has 0 aliphatic carbocycles. The van der Waals surface area contributed by atoms with Gasteiger partial charge < -0.3 is 14.1 Å². The maximum absolute atomic E-state index is 12.3. The van der Waals surface area contributed by atoms with E-state index in [0.29, 0.717) is 19.8 Å². The molecule has 1 N–H and O–H groups in total. The first-order chi connectivity index (χ1) is 11.5. The third-order valence-electron chi connectivity index (χ3n) is 3.36. The van der Waals surface area contributed by atoms with Crippen LogP contribution in [0.3, 0.4) is 0 Å². The second-order valence-corrected chi connectivity index (χ2v) is 6.50. The van der Waals surface area contributed by atoms with E-state index in [1.807, 2.05) is 0 Å². The van der Waals surface area contributed by atoms with Gasteiger partial charge in [-0.3, -0.25) is 9.59 Å². The van der Waals surface area contributed by atoms with Crippen molar-refractivity contribution in [1.82, 2.24) is 4.57 Å². The van der Waals surface area contributed by atoms with Gasteiger partial charge in [0, 0.05) is 23.7 Å². The highest BCUT2D eigenvalue weighted by molar-refractivity contribution is 7.07. The van der Waals surface area contributed by atoms with Crippen LogP contribution in [0.15, 0.2) is 45.8 Å². The van der Waals surface area contributed by atoms with Gasteiger partial charge in [-0.25, -0.2) is 0 Å². The Morgan fingerprint density at radius 3 is 2.88 bits per heavy atom. The van der Waals surface area contributed by atoms with Gasteiger partial charge in [0.05, 0.1) is 10.8 Å². The predicted molar refractivity (Wildman–Crippen MR) is 93.0 cm³/mol. The number of benzene rings is 1. The third kappa shape index (κ3) is 3.20. The molecule has 0 amide bonds. The van der Waals surface area contributed by atoms with Crippen molar-refractivity contribution < 1.29 is 14.3 Å².